The fourth-order valence-electron chi connectivity index (χ4n) is 1.98. The molecule has 1 heterocycles. The molecule has 0 unspecified atom stereocenters. The lowest BCUT2D eigenvalue weighted by Gasteiger charge is -2.22. The molecule has 0 aromatic heterocycles. The van der Waals surface area contributed by atoms with E-state index in [0.717, 1.165) is 6.07 Å². The Morgan fingerprint density at radius 2 is 2.09 bits per heavy atom. The SMILES string of the molecule is CC(C)(NC(=O)c1cc(N2CCNC2=O)ccc1F)C(=O)O. The summed E-state index contributed by atoms with van der Waals surface area (Å²) >= 11 is 0. The van der Waals surface area contributed by atoms with Gasteiger partial charge in [-0.05, 0) is 32.0 Å². The summed E-state index contributed by atoms with van der Waals surface area (Å²) in [5.74, 6) is -2.88. The third kappa shape index (κ3) is 3.00. The Morgan fingerprint density at radius 3 is 2.64 bits per heavy atom. The molecule has 1 aromatic rings. The lowest BCUT2D eigenvalue weighted by atomic mass is 10.0. The second-order valence-electron chi connectivity index (χ2n) is 5.43. The zero-order chi connectivity index (χ0) is 16.5. The largest absolute Gasteiger partial charge is 0.480 e. The normalized spacial score (nSPS) is 14.7. The number of hydrogen-bond donors (Lipinski definition) is 3. The molecular formula is C14H16FN3O4. The summed E-state index contributed by atoms with van der Waals surface area (Å²) < 4.78 is 13.9. The van der Waals surface area contributed by atoms with Crippen molar-refractivity contribution in [1.82, 2.24) is 10.6 Å². The third-order valence-corrected chi connectivity index (χ3v) is 3.32. The van der Waals surface area contributed by atoms with Crippen molar-refractivity contribution in [3.8, 4) is 0 Å². The van der Waals surface area contributed by atoms with Gasteiger partial charge in [-0.3, -0.25) is 9.69 Å². The highest BCUT2D eigenvalue weighted by atomic mass is 19.1. The lowest BCUT2D eigenvalue weighted by molar-refractivity contribution is -0.143. The van der Waals surface area contributed by atoms with Gasteiger partial charge >= 0.3 is 12.0 Å². The van der Waals surface area contributed by atoms with Crippen LogP contribution in [-0.2, 0) is 4.79 Å². The molecule has 0 aliphatic carbocycles. The molecule has 0 spiro atoms. The summed E-state index contributed by atoms with van der Waals surface area (Å²) in [4.78, 5) is 36.1. The number of urea groups is 1. The number of amides is 3. The highest BCUT2D eigenvalue weighted by molar-refractivity contribution is 6.00. The first-order valence-corrected chi connectivity index (χ1v) is 6.63. The van der Waals surface area contributed by atoms with Crippen LogP contribution in [0.5, 0.6) is 0 Å². The first kappa shape index (κ1) is 15.7. The van der Waals surface area contributed by atoms with Crippen molar-refractivity contribution >= 4 is 23.6 Å². The number of benzene rings is 1. The Morgan fingerprint density at radius 1 is 1.41 bits per heavy atom. The number of halogens is 1. The molecule has 1 fully saturated rings. The van der Waals surface area contributed by atoms with E-state index in [4.69, 9.17) is 5.11 Å². The minimum absolute atomic E-state index is 0.313. The van der Waals surface area contributed by atoms with Crippen LogP contribution in [0.15, 0.2) is 18.2 Å². The standard InChI is InChI=1S/C14H16FN3O4/c1-14(2,12(20)21)17-11(19)9-7-8(3-4-10(9)15)18-6-5-16-13(18)22/h3-4,7H,5-6H2,1-2H3,(H,16,22)(H,17,19)(H,20,21). The molecule has 3 amide bonds. The zero-order valence-electron chi connectivity index (χ0n) is 12.1. The highest BCUT2D eigenvalue weighted by Crippen LogP contribution is 2.21. The van der Waals surface area contributed by atoms with Gasteiger partial charge in [-0.15, -0.1) is 0 Å². The van der Waals surface area contributed by atoms with Gasteiger partial charge in [0.1, 0.15) is 11.4 Å². The van der Waals surface area contributed by atoms with Gasteiger partial charge in [0.15, 0.2) is 0 Å². The summed E-state index contributed by atoms with van der Waals surface area (Å²) in [5, 5.41) is 13.8. The number of carbonyl (C=O) groups excluding carboxylic acids is 2. The molecule has 0 saturated carbocycles. The molecule has 7 nitrogen and oxygen atoms in total. The number of nitrogens with one attached hydrogen (secondary N) is 2. The molecule has 1 aromatic carbocycles. The fraction of sp³-hybridized carbons (Fsp3) is 0.357. The van der Waals surface area contributed by atoms with Crippen LogP contribution in [0.25, 0.3) is 0 Å². The second-order valence-corrected chi connectivity index (χ2v) is 5.43. The van der Waals surface area contributed by atoms with E-state index < -0.39 is 23.2 Å². The lowest BCUT2D eigenvalue weighted by Crippen LogP contribution is -2.49. The number of nitrogens with zero attached hydrogens (tertiary/aromatic N) is 1. The molecule has 1 aliphatic rings. The molecule has 1 aliphatic heterocycles. The van der Waals surface area contributed by atoms with Crippen LogP contribution in [0.4, 0.5) is 14.9 Å². The summed E-state index contributed by atoms with van der Waals surface area (Å²) in [6, 6.07) is 3.36. The molecule has 22 heavy (non-hydrogen) atoms. The maximum Gasteiger partial charge on any atom is 0.328 e. The Hall–Kier alpha value is -2.64. The van der Waals surface area contributed by atoms with Crippen LogP contribution in [0.2, 0.25) is 0 Å². The van der Waals surface area contributed by atoms with Gasteiger partial charge in [-0.1, -0.05) is 0 Å². The maximum atomic E-state index is 13.9. The Kier molecular flexibility index (Phi) is 4.03. The molecule has 0 bridgehead atoms. The summed E-state index contributed by atoms with van der Waals surface area (Å²) in [7, 11) is 0. The summed E-state index contributed by atoms with van der Waals surface area (Å²) in [6.07, 6.45) is 0. The zero-order valence-corrected chi connectivity index (χ0v) is 12.1. The second kappa shape index (κ2) is 5.63. The van der Waals surface area contributed by atoms with Crippen LogP contribution in [-0.4, -0.2) is 41.6 Å². The number of hydrogen-bond acceptors (Lipinski definition) is 3. The van der Waals surface area contributed by atoms with E-state index in [0.29, 0.717) is 18.8 Å². The van der Waals surface area contributed by atoms with Crippen molar-refractivity contribution in [2.24, 2.45) is 0 Å². The molecule has 2 rings (SSSR count). The Labute approximate surface area is 126 Å². The fourth-order valence-corrected chi connectivity index (χ4v) is 1.98. The van der Waals surface area contributed by atoms with Crippen LogP contribution in [0, 0.1) is 5.82 Å². The predicted molar refractivity (Wildman–Crippen MR) is 76.3 cm³/mol. The van der Waals surface area contributed by atoms with Crippen molar-refractivity contribution in [2.45, 2.75) is 19.4 Å². The van der Waals surface area contributed by atoms with Gasteiger partial charge < -0.3 is 15.7 Å². The van der Waals surface area contributed by atoms with Crippen molar-refractivity contribution in [3.05, 3.63) is 29.6 Å². The first-order chi connectivity index (χ1) is 10.2. The number of aliphatic carboxylic acids is 1. The van der Waals surface area contributed by atoms with Gasteiger partial charge in [0, 0.05) is 18.8 Å². The molecule has 3 N–H and O–H groups in total. The van der Waals surface area contributed by atoms with Crippen LogP contribution in [0.1, 0.15) is 24.2 Å². The van der Waals surface area contributed by atoms with Crippen molar-refractivity contribution in [3.63, 3.8) is 0 Å². The van der Waals surface area contributed by atoms with E-state index in [2.05, 4.69) is 10.6 Å². The van der Waals surface area contributed by atoms with E-state index in [1.54, 1.807) is 0 Å². The van der Waals surface area contributed by atoms with E-state index in [1.807, 2.05) is 0 Å². The topological polar surface area (TPSA) is 98.7 Å². The van der Waals surface area contributed by atoms with Gasteiger partial charge in [-0.2, -0.15) is 0 Å². The average Bonchev–Trinajstić information content (AvgIpc) is 2.84. The number of carboxylic acid groups (broad SMARTS) is 1. The highest BCUT2D eigenvalue weighted by Gasteiger charge is 2.31. The van der Waals surface area contributed by atoms with Crippen molar-refractivity contribution in [1.29, 1.82) is 0 Å². The molecule has 118 valence electrons. The van der Waals surface area contributed by atoms with E-state index in [9.17, 15) is 18.8 Å². The first-order valence-electron chi connectivity index (χ1n) is 6.63. The smallest absolute Gasteiger partial charge is 0.328 e. The number of carbonyl (C=O) groups is 3. The van der Waals surface area contributed by atoms with Gasteiger partial charge in [-0.25, -0.2) is 14.0 Å². The van der Waals surface area contributed by atoms with E-state index >= 15 is 0 Å². The van der Waals surface area contributed by atoms with Crippen LogP contribution in [0.3, 0.4) is 0 Å². The predicted octanol–water partition coefficient (Wildman–Crippen LogP) is 0.948. The number of anilines is 1. The van der Waals surface area contributed by atoms with Crippen molar-refractivity contribution < 1.29 is 23.9 Å². The van der Waals surface area contributed by atoms with E-state index in [-0.39, 0.29) is 11.6 Å². The Balaban J connectivity index is 2.29. The number of carboxylic acids is 1. The quantitative estimate of drug-likeness (QED) is 0.771. The third-order valence-electron chi connectivity index (χ3n) is 3.32. The minimum atomic E-state index is -1.54. The van der Waals surface area contributed by atoms with E-state index in [1.165, 1.54) is 30.9 Å². The molecule has 0 atom stereocenters. The maximum absolute atomic E-state index is 13.9. The van der Waals surface area contributed by atoms with Gasteiger partial charge in [0.25, 0.3) is 5.91 Å². The monoisotopic (exact) mass is 309 g/mol. The van der Waals surface area contributed by atoms with Gasteiger partial charge in [0.05, 0.1) is 5.56 Å². The van der Waals surface area contributed by atoms with Gasteiger partial charge in [0.2, 0.25) is 0 Å². The summed E-state index contributed by atoms with van der Waals surface area (Å²) in [5.41, 5.74) is -1.48. The molecular weight excluding hydrogens is 293 g/mol. The molecule has 8 heteroatoms. The number of rotatable bonds is 4. The van der Waals surface area contributed by atoms with Crippen molar-refractivity contribution in [2.75, 3.05) is 18.0 Å². The minimum Gasteiger partial charge on any atom is -0.480 e. The van der Waals surface area contributed by atoms with Crippen LogP contribution < -0.4 is 15.5 Å². The van der Waals surface area contributed by atoms with Crippen LogP contribution >= 0.6 is 0 Å². The molecule has 0 radical (unpaired) electrons. The average molecular weight is 309 g/mol. The summed E-state index contributed by atoms with van der Waals surface area (Å²) in [6.45, 7) is 3.46. The molecule has 1 saturated heterocycles. The Bertz CT molecular complexity index is 645.